The van der Waals surface area contributed by atoms with Gasteiger partial charge in [-0.1, -0.05) is 18.9 Å². The average molecular weight is 336 g/mol. The molecule has 1 saturated heterocycles. The van der Waals surface area contributed by atoms with Crippen LogP contribution < -0.4 is 10.2 Å². The minimum atomic E-state index is -0.299. The lowest BCUT2D eigenvalue weighted by Crippen LogP contribution is -2.36. The lowest BCUT2D eigenvalue weighted by molar-refractivity contribution is 0.106. The molecule has 3 rings (SSSR count). The van der Waals surface area contributed by atoms with Crippen LogP contribution in [0.4, 0.5) is 10.1 Å². The average Bonchev–Trinajstić information content (AvgIpc) is 3.14. The zero-order valence-corrected chi connectivity index (χ0v) is 14.5. The number of anilines is 1. The van der Waals surface area contributed by atoms with E-state index in [9.17, 15) is 9.50 Å². The van der Waals surface area contributed by atoms with Gasteiger partial charge in [0.2, 0.25) is 0 Å². The second kappa shape index (κ2) is 8.28. The fourth-order valence-electron chi connectivity index (χ4n) is 3.78. The normalized spacial score (nSPS) is 21.9. The summed E-state index contributed by atoms with van der Waals surface area (Å²) in [6, 6.07) is 5.48. The van der Waals surface area contributed by atoms with Crippen LogP contribution in [-0.2, 0) is 4.74 Å². The molecule has 1 aromatic carbocycles. The molecule has 2 fully saturated rings. The quantitative estimate of drug-likeness (QED) is 0.838. The van der Waals surface area contributed by atoms with Gasteiger partial charge in [-0.25, -0.2) is 4.39 Å². The third kappa shape index (κ3) is 4.26. The van der Waals surface area contributed by atoms with Gasteiger partial charge >= 0.3 is 0 Å². The Kier molecular flexibility index (Phi) is 6.09. The number of aliphatic hydroxyl groups is 1. The predicted octanol–water partition coefficient (Wildman–Crippen LogP) is 2.86. The van der Waals surface area contributed by atoms with Crippen LogP contribution in [0, 0.1) is 11.7 Å². The fourth-order valence-corrected chi connectivity index (χ4v) is 3.78. The van der Waals surface area contributed by atoms with Gasteiger partial charge in [0.15, 0.2) is 0 Å². The highest BCUT2D eigenvalue weighted by Crippen LogP contribution is 2.28. The van der Waals surface area contributed by atoms with Crippen LogP contribution in [0.2, 0.25) is 0 Å². The van der Waals surface area contributed by atoms with Gasteiger partial charge in [0.1, 0.15) is 5.82 Å². The first-order valence-corrected chi connectivity index (χ1v) is 9.18. The van der Waals surface area contributed by atoms with Crippen molar-refractivity contribution in [3.05, 3.63) is 29.6 Å². The molecule has 1 aliphatic heterocycles. The summed E-state index contributed by atoms with van der Waals surface area (Å²) in [6.07, 6.45) is 4.41. The number of halogens is 1. The van der Waals surface area contributed by atoms with Crippen molar-refractivity contribution in [3.8, 4) is 0 Å². The molecule has 5 heteroatoms. The molecule has 1 aromatic rings. The molecule has 1 aliphatic carbocycles. The van der Waals surface area contributed by atoms with Gasteiger partial charge in [-0.2, -0.15) is 0 Å². The van der Waals surface area contributed by atoms with Crippen molar-refractivity contribution in [1.82, 2.24) is 5.32 Å². The van der Waals surface area contributed by atoms with E-state index >= 15 is 0 Å². The van der Waals surface area contributed by atoms with Crippen molar-refractivity contribution < 1.29 is 14.2 Å². The summed E-state index contributed by atoms with van der Waals surface area (Å²) < 4.78 is 19.8. The molecule has 2 N–H and O–H groups in total. The first-order chi connectivity index (χ1) is 11.6. The molecule has 1 heterocycles. The maximum absolute atomic E-state index is 14.5. The number of aliphatic hydroxyl groups excluding tert-OH is 1. The highest BCUT2D eigenvalue weighted by molar-refractivity contribution is 5.49. The Balaban J connectivity index is 1.56. The lowest BCUT2D eigenvalue weighted by atomic mass is 10.00. The summed E-state index contributed by atoms with van der Waals surface area (Å²) in [5.74, 6) is 0.240. The molecule has 0 amide bonds. The van der Waals surface area contributed by atoms with E-state index in [1.165, 1.54) is 12.8 Å². The summed E-state index contributed by atoms with van der Waals surface area (Å²) in [5.41, 5.74) is 1.57. The minimum absolute atomic E-state index is 0.0225. The third-order valence-corrected chi connectivity index (χ3v) is 5.40. The molecule has 4 nitrogen and oxygen atoms in total. The van der Waals surface area contributed by atoms with Crippen LogP contribution in [-0.4, -0.2) is 44.1 Å². The molecule has 2 atom stereocenters. The first-order valence-electron chi connectivity index (χ1n) is 9.18. The first kappa shape index (κ1) is 17.6. The monoisotopic (exact) mass is 336 g/mol. The molecule has 0 bridgehead atoms. The predicted molar refractivity (Wildman–Crippen MR) is 93.8 cm³/mol. The summed E-state index contributed by atoms with van der Waals surface area (Å²) in [6.45, 7) is 5.36. The van der Waals surface area contributed by atoms with Gasteiger partial charge in [-0.05, 0) is 43.4 Å². The maximum atomic E-state index is 14.5. The highest BCUT2D eigenvalue weighted by atomic mass is 19.1. The number of morpholine rings is 1. The van der Waals surface area contributed by atoms with Crippen molar-refractivity contribution in [2.75, 3.05) is 37.7 Å². The Hall–Kier alpha value is -1.17. The molecule has 1 saturated carbocycles. The van der Waals surface area contributed by atoms with Crippen LogP contribution in [0.15, 0.2) is 18.2 Å². The summed E-state index contributed by atoms with van der Waals surface area (Å²) in [4.78, 5) is 2.03. The van der Waals surface area contributed by atoms with Crippen molar-refractivity contribution in [2.24, 2.45) is 5.92 Å². The summed E-state index contributed by atoms with van der Waals surface area (Å²) in [7, 11) is 0. The highest BCUT2D eigenvalue weighted by Gasteiger charge is 2.23. The Labute approximate surface area is 144 Å². The fraction of sp³-hybridized carbons (Fsp3) is 0.684. The van der Waals surface area contributed by atoms with E-state index in [0.717, 1.165) is 31.5 Å². The SMILES string of the molecule is CC(NCC(O)C1CCCC1)c1ccc(N2CCOCC2)c(F)c1. The molecule has 2 aliphatic rings. The van der Waals surface area contributed by atoms with E-state index in [4.69, 9.17) is 4.74 Å². The van der Waals surface area contributed by atoms with Crippen LogP contribution >= 0.6 is 0 Å². The number of nitrogens with one attached hydrogen (secondary N) is 1. The second-order valence-electron chi connectivity index (χ2n) is 7.05. The second-order valence-corrected chi connectivity index (χ2v) is 7.05. The molecule has 134 valence electrons. The molecule has 0 spiro atoms. The van der Waals surface area contributed by atoms with Crippen LogP contribution in [0.5, 0.6) is 0 Å². The largest absolute Gasteiger partial charge is 0.392 e. The van der Waals surface area contributed by atoms with Crippen LogP contribution in [0.3, 0.4) is 0 Å². The van der Waals surface area contributed by atoms with Crippen molar-refractivity contribution in [1.29, 1.82) is 0 Å². The van der Waals surface area contributed by atoms with Crippen LogP contribution in [0.25, 0.3) is 0 Å². The Morgan fingerprint density at radius 1 is 1.29 bits per heavy atom. The summed E-state index contributed by atoms with van der Waals surface area (Å²) in [5, 5.41) is 13.6. The molecule has 24 heavy (non-hydrogen) atoms. The lowest BCUT2D eigenvalue weighted by Gasteiger charge is -2.29. The van der Waals surface area contributed by atoms with Gasteiger partial charge in [-0.15, -0.1) is 0 Å². The van der Waals surface area contributed by atoms with Crippen molar-refractivity contribution >= 4 is 5.69 Å². The van der Waals surface area contributed by atoms with E-state index < -0.39 is 0 Å². The standard InChI is InChI=1S/C19H29FN2O2/c1-14(21-13-19(23)15-4-2-3-5-15)16-6-7-18(17(20)12-16)22-8-10-24-11-9-22/h6-7,12,14-15,19,21,23H,2-5,8-11,13H2,1H3. The third-order valence-electron chi connectivity index (χ3n) is 5.40. The number of hydrogen-bond acceptors (Lipinski definition) is 4. The number of rotatable bonds is 6. The van der Waals surface area contributed by atoms with Gasteiger partial charge in [0.05, 0.1) is 25.0 Å². The number of benzene rings is 1. The molecular weight excluding hydrogens is 307 g/mol. The van der Waals surface area contributed by atoms with Gasteiger partial charge in [0.25, 0.3) is 0 Å². The van der Waals surface area contributed by atoms with Gasteiger partial charge < -0.3 is 20.1 Å². The Bertz CT molecular complexity index is 528. The molecule has 0 radical (unpaired) electrons. The van der Waals surface area contributed by atoms with E-state index in [-0.39, 0.29) is 18.0 Å². The van der Waals surface area contributed by atoms with E-state index in [0.29, 0.717) is 31.4 Å². The molecule has 0 aromatic heterocycles. The van der Waals surface area contributed by atoms with E-state index in [1.54, 1.807) is 6.07 Å². The van der Waals surface area contributed by atoms with Gasteiger partial charge in [0, 0.05) is 25.7 Å². The Morgan fingerprint density at radius 2 is 2.00 bits per heavy atom. The number of hydrogen-bond donors (Lipinski definition) is 2. The number of ether oxygens (including phenoxy) is 1. The minimum Gasteiger partial charge on any atom is -0.392 e. The van der Waals surface area contributed by atoms with E-state index in [2.05, 4.69) is 5.32 Å². The Morgan fingerprint density at radius 3 is 2.67 bits per heavy atom. The van der Waals surface area contributed by atoms with Crippen LogP contribution in [0.1, 0.15) is 44.2 Å². The number of nitrogens with zero attached hydrogens (tertiary/aromatic N) is 1. The smallest absolute Gasteiger partial charge is 0.146 e. The maximum Gasteiger partial charge on any atom is 0.146 e. The zero-order valence-electron chi connectivity index (χ0n) is 14.5. The zero-order chi connectivity index (χ0) is 16.9. The molecular formula is C19H29FN2O2. The van der Waals surface area contributed by atoms with E-state index in [1.807, 2.05) is 24.0 Å². The molecule has 2 unspecified atom stereocenters. The summed E-state index contributed by atoms with van der Waals surface area (Å²) >= 11 is 0. The topological polar surface area (TPSA) is 44.7 Å². The van der Waals surface area contributed by atoms with Gasteiger partial charge in [-0.3, -0.25) is 0 Å². The van der Waals surface area contributed by atoms with Crippen molar-refractivity contribution in [2.45, 2.75) is 44.8 Å². The van der Waals surface area contributed by atoms with Crippen molar-refractivity contribution in [3.63, 3.8) is 0 Å².